The predicted molar refractivity (Wildman–Crippen MR) is 85.2 cm³/mol. The molecule has 21 heavy (non-hydrogen) atoms. The standard InChI is InChI=1S/C16H27FN4/c1-5-10-18-15-19-11-13(17)14(20-15)21(4)12-6-8-16(2,3)9-7-12/h11-12H,5-10H2,1-4H3,(H,18,19,20). The topological polar surface area (TPSA) is 41.1 Å². The summed E-state index contributed by atoms with van der Waals surface area (Å²) in [5.74, 6) is 0.578. The zero-order valence-corrected chi connectivity index (χ0v) is 13.6. The van der Waals surface area contributed by atoms with Crippen LogP contribution in [0, 0.1) is 11.2 Å². The van der Waals surface area contributed by atoms with E-state index in [4.69, 9.17) is 0 Å². The summed E-state index contributed by atoms with van der Waals surface area (Å²) < 4.78 is 14.1. The first-order valence-electron chi connectivity index (χ1n) is 7.92. The van der Waals surface area contributed by atoms with Crippen molar-refractivity contribution in [2.75, 3.05) is 23.8 Å². The van der Waals surface area contributed by atoms with Gasteiger partial charge in [-0.05, 0) is 37.5 Å². The monoisotopic (exact) mass is 294 g/mol. The Hall–Kier alpha value is -1.39. The Labute approximate surface area is 127 Å². The van der Waals surface area contributed by atoms with Crippen LogP contribution in [0.3, 0.4) is 0 Å². The van der Waals surface area contributed by atoms with Crippen LogP contribution >= 0.6 is 0 Å². The van der Waals surface area contributed by atoms with Crippen molar-refractivity contribution in [3.05, 3.63) is 12.0 Å². The van der Waals surface area contributed by atoms with E-state index >= 15 is 0 Å². The highest BCUT2D eigenvalue weighted by atomic mass is 19.1. The van der Waals surface area contributed by atoms with Gasteiger partial charge in [0.05, 0.1) is 6.20 Å². The largest absolute Gasteiger partial charge is 0.354 e. The molecule has 0 radical (unpaired) electrons. The van der Waals surface area contributed by atoms with Crippen molar-refractivity contribution in [1.82, 2.24) is 9.97 Å². The van der Waals surface area contributed by atoms with Crippen LogP contribution in [-0.4, -0.2) is 29.6 Å². The summed E-state index contributed by atoms with van der Waals surface area (Å²) in [5, 5.41) is 3.12. The maximum atomic E-state index is 14.1. The molecule has 0 aromatic carbocycles. The lowest BCUT2D eigenvalue weighted by atomic mass is 9.75. The average molecular weight is 294 g/mol. The minimum absolute atomic E-state index is 0.343. The van der Waals surface area contributed by atoms with Crippen LogP contribution in [0.15, 0.2) is 6.20 Å². The van der Waals surface area contributed by atoms with Crippen LogP contribution in [-0.2, 0) is 0 Å². The molecule has 1 aliphatic carbocycles. The van der Waals surface area contributed by atoms with Gasteiger partial charge >= 0.3 is 0 Å². The van der Waals surface area contributed by atoms with Crippen molar-refractivity contribution in [3.8, 4) is 0 Å². The van der Waals surface area contributed by atoms with Crippen molar-refractivity contribution in [1.29, 1.82) is 0 Å². The fourth-order valence-corrected chi connectivity index (χ4v) is 2.87. The van der Waals surface area contributed by atoms with Gasteiger partial charge in [0.25, 0.3) is 0 Å². The SMILES string of the molecule is CCCNc1ncc(F)c(N(C)C2CCC(C)(C)CC2)n1. The lowest BCUT2D eigenvalue weighted by molar-refractivity contribution is 0.222. The van der Waals surface area contributed by atoms with Crippen LogP contribution in [0.4, 0.5) is 16.2 Å². The second-order valence-electron chi connectivity index (χ2n) is 6.80. The zero-order chi connectivity index (χ0) is 15.5. The van der Waals surface area contributed by atoms with Gasteiger partial charge in [0.2, 0.25) is 5.95 Å². The minimum atomic E-state index is -0.343. The number of hydrogen-bond acceptors (Lipinski definition) is 4. The third-order valence-corrected chi connectivity index (χ3v) is 4.45. The normalized spacial score (nSPS) is 18.5. The fourth-order valence-electron chi connectivity index (χ4n) is 2.87. The van der Waals surface area contributed by atoms with Gasteiger partial charge in [-0.2, -0.15) is 4.98 Å². The van der Waals surface area contributed by atoms with E-state index in [0.29, 0.717) is 23.2 Å². The lowest BCUT2D eigenvalue weighted by Gasteiger charge is -2.39. The molecule has 0 bridgehead atoms. The molecule has 0 amide bonds. The van der Waals surface area contributed by atoms with Crippen LogP contribution in [0.1, 0.15) is 52.9 Å². The molecule has 0 saturated heterocycles. The highest BCUT2D eigenvalue weighted by Gasteiger charge is 2.30. The summed E-state index contributed by atoms with van der Waals surface area (Å²) in [5.41, 5.74) is 0.412. The number of halogens is 1. The number of hydrogen-bond donors (Lipinski definition) is 1. The van der Waals surface area contributed by atoms with Crippen molar-refractivity contribution >= 4 is 11.8 Å². The summed E-state index contributed by atoms with van der Waals surface area (Å²) in [4.78, 5) is 10.3. The molecular formula is C16H27FN4. The van der Waals surface area contributed by atoms with Gasteiger partial charge in [0.15, 0.2) is 11.6 Å². The van der Waals surface area contributed by atoms with E-state index < -0.39 is 0 Å². The van der Waals surface area contributed by atoms with Crippen molar-refractivity contribution in [3.63, 3.8) is 0 Å². The molecule has 1 fully saturated rings. The van der Waals surface area contributed by atoms with Crippen molar-refractivity contribution in [2.45, 2.75) is 58.9 Å². The molecule has 0 atom stereocenters. The molecule has 5 heteroatoms. The second kappa shape index (κ2) is 6.58. The van der Waals surface area contributed by atoms with Gasteiger partial charge in [0.1, 0.15) is 0 Å². The van der Waals surface area contributed by atoms with Gasteiger partial charge in [-0.25, -0.2) is 9.37 Å². The third kappa shape index (κ3) is 4.05. The molecule has 2 rings (SSSR count). The highest BCUT2D eigenvalue weighted by Crippen LogP contribution is 2.37. The summed E-state index contributed by atoms with van der Waals surface area (Å²) in [6, 6.07) is 0.362. The Kier molecular flexibility index (Phi) is 5.01. The molecule has 1 heterocycles. The molecule has 0 spiro atoms. The molecule has 1 saturated carbocycles. The first kappa shape index (κ1) is 16.0. The number of anilines is 2. The fraction of sp³-hybridized carbons (Fsp3) is 0.750. The molecule has 0 aliphatic heterocycles. The van der Waals surface area contributed by atoms with Gasteiger partial charge in [-0.1, -0.05) is 20.8 Å². The van der Waals surface area contributed by atoms with Crippen LogP contribution in [0.5, 0.6) is 0 Å². The summed E-state index contributed by atoms with van der Waals surface area (Å²) >= 11 is 0. The first-order valence-corrected chi connectivity index (χ1v) is 7.92. The minimum Gasteiger partial charge on any atom is -0.354 e. The van der Waals surface area contributed by atoms with Gasteiger partial charge < -0.3 is 10.2 Å². The van der Waals surface area contributed by atoms with E-state index in [0.717, 1.165) is 25.8 Å². The summed E-state index contributed by atoms with van der Waals surface area (Å²) in [6.45, 7) is 7.49. The van der Waals surface area contributed by atoms with E-state index in [9.17, 15) is 4.39 Å². The first-order chi connectivity index (χ1) is 9.93. The van der Waals surface area contributed by atoms with E-state index in [1.165, 1.54) is 19.0 Å². The number of aromatic nitrogens is 2. The summed E-state index contributed by atoms with van der Waals surface area (Å²) in [6.07, 6.45) is 6.79. The van der Waals surface area contributed by atoms with Crippen LogP contribution in [0.25, 0.3) is 0 Å². The van der Waals surface area contributed by atoms with E-state index in [-0.39, 0.29) is 5.82 Å². The van der Waals surface area contributed by atoms with Crippen molar-refractivity contribution in [2.24, 2.45) is 5.41 Å². The van der Waals surface area contributed by atoms with E-state index in [1.807, 2.05) is 11.9 Å². The van der Waals surface area contributed by atoms with Gasteiger partial charge in [0, 0.05) is 19.6 Å². The Morgan fingerprint density at radius 1 is 1.38 bits per heavy atom. The predicted octanol–water partition coefficient (Wildman–Crippen LogP) is 3.84. The second-order valence-corrected chi connectivity index (χ2v) is 6.80. The molecule has 1 aromatic heterocycles. The highest BCUT2D eigenvalue weighted by molar-refractivity contribution is 5.44. The molecule has 1 N–H and O–H groups in total. The lowest BCUT2D eigenvalue weighted by Crippen LogP contribution is -2.38. The quantitative estimate of drug-likeness (QED) is 0.895. The van der Waals surface area contributed by atoms with E-state index in [1.54, 1.807) is 0 Å². The molecule has 118 valence electrons. The van der Waals surface area contributed by atoms with Gasteiger partial charge in [-0.15, -0.1) is 0 Å². The Bertz CT molecular complexity index is 465. The van der Waals surface area contributed by atoms with Crippen LogP contribution < -0.4 is 10.2 Å². The van der Waals surface area contributed by atoms with Gasteiger partial charge in [-0.3, -0.25) is 0 Å². The molecule has 0 unspecified atom stereocenters. The molecule has 4 nitrogen and oxygen atoms in total. The number of nitrogens with zero attached hydrogens (tertiary/aromatic N) is 3. The third-order valence-electron chi connectivity index (χ3n) is 4.45. The Morgan fingerprint density at radius 3 is 2.67 bits per heavy atom. The van der Waals surface area contributed by atoms with Crippen molar-refractivity contribution < 1.29 is 4.39 Å². The Balaban J connectivity index is 2.09. The molecule has 1 aliphatic rings. The maximum Gasteiger partial charge on any atom is 0.224 e. The zero-order valence-electron chi connectivity index (χ0n) is 13.6. The smallest absolute Gasteiger partial charge is 0.224 e. The van der Waals surface area contributed by atoms with E-state index in [2.05, 4.69) is 36.1 Å². The molecule has 1 aromatic rings. The number of rotatable bonds is 5. The molecular weight excluding hydrogens is 267 g/mol. The average Bonchev–Trinajstić information content (AvgIpc) is 2.46. The number of nitrogens with one attached hydrogen (secondary N) is 1. The Morgan fingerprint density at radius 2 is 2.05 bits per heavy atom. The maximum absolute atomic E-state index is 14.1. The van der Waals surface area contributed by atoms with Crippen LogP contribution in [0.2, 0.25) is 0 Å². The summed E-state index contributed by atoms with van der Waals surface area (Å²) in [7, 11) is 1.94.